The topological polar surface area (TPSA) is 91.3 Å². The fraction of sp³-hybridized carbons (Fsp3) is 0.160. The first-order valence-electron chi connectivity index (χ1n) is 11.0. The number of hydrogen-bond acceptors (Lipinski definition) is 7. The van der Waals surface area contributed by atoms with Gasteiger partial charge in [-0.1, -0.05) is 42.5 Å². The lowest BCUT2D eigenvalue weighted by Gasteiger charge is -2.34. The molecule has 9 heteroatoms. The molecule has 0 spiro atoms. The molecule has 172 valence electrons. The zero-order valence-corrected chi connectivity index (χ0v) is 19.3. The summed E-state index contributed by atoms with van der Waals surface area (Å²) in [6, 6.07) is 24.5. The standard InChI is InChI=1S/C25H24N6O2S/c32-34(33,23-10-8-21(9-11-23)20-5-2-1-3-6-20)31-17-15-30(16-18-31)25-13-12-24(28-29-25)27-22-7-4-14-26-19-22/h1-14,19H,15-18H2,(H,27,28). The summed E-state index contributed by atoms with van der Waals surface area (Å²) in [6.07, 6.45) is 3.42. The van der Waals surface area contributed by atoms with Crippen LogP contribution in [0.4, 0.5) is 17.3 Å². The summed E-state index contributed by atoms with van der Waals surface area (Å²) in [6.45, 7) is 1.87. The number of rotatable bonds is 6. The van der Waals surface area contributed by atoms with Crippen LogP contribution in [0, 0.1) is 0 Å². The second-order valence-electron chi connectivity index (χ2n) is 7.93. The van der Waals surface area contributed by atoms with Crippen molar-refractivity contribution in [3.63, 3.8) is 0 Å². The second-order valence-corrected chi connectivity index (χ2v) is 9.86. The molecule has 1 aliphatic heterocycles. The van der Waals surface area contributed by atoms with E-state index in [1.165, 1.54) is 4.31 Å². The molecule has 0 aliphatic carbocycles. The van der Waals surface area contributed by atoms with Gasteiger partial charge < -0.3 is 10.2 Å². The van der Waals surface area contributed by atoms with Gasteiger partial charge in [-0.2, -0.15) is 4.31 Å². The van der Waals surface area contributed by atoms with Crippen molar-refractivity contribution < 1.29 is 8.42 Å². The van der Waals surface area contributed by atoms with Crippen molar-refractivity contribution in [3.8, 4) is 11.1 Å². The number of aromatic nitrogens is 3. The molecule has 8 nitrogen and oxygen atoms in total. The van der Waals surface area contributed by atoms with Crippen LogP contribution in [0.15, 0.2) is 96.2 Å². The van der Waals surface area contributed by atoms with Crippen molar-refractivity contribution in [2.45, 2.75) is 4.90 Å². The smallest absolute Gasteiger partial charge is 0.243 e. The summed E-state index contributed by atoms with van der Waals surface area (Å²) in [5.41, 5.74) is 2.88. The number of anilines is 3. The first-order chi connectivity index (χ1) is 16.6. The average Bonchev–Trinajstić information content (AvgIpc) is 2.90. The maximum Gasteiger partial charge on any atom is 0.243 e. The molecular weight excluding hydrogens is 448 g/mol. The Kier molecular flexibility index (Phi) is 6.20. The summed E-state index contributed by atoms with van der Waals surface area (Å²) in [5, 5.41) is 11.7. The number of pyridine rings is 1. The van der Waals surface area contributed by atoms with E-state index in [0.717, 1.165) is 22.6 Å². The third kappa shape index (κ3) is 4.75. The lowest BCUT2D eigenvalue weighted by atomic mass is 10.1. The Bertz CT molecular complexity index is 1320. The SMILES string of the molecule is O=S(=O)(c1ccc(-c2ccccc2)cc1)N1CCN(c2ccc(Nc3cccnc3)nn2)CC1. The molecule has 1 fully saturated rings. The minimum absolute atomic E-state index is 0.311. The van der Waals surface area contributed by atoms with E-state index in [2.05, 4.69) is 20.5 Å². The Balaban J connectivity index is 1.21. The normalized spacial score (nSPS) is 14.6. The van der Waals surface area contributed by atoms with Gasteiger partial charge in [-0.15, -0.1) is 10.2 Å². The zero-order valence-electron chi connectivity index (χ0n) is 18.4. The van der Waals surface area contributed by atoms with E-state index in [-0.39, 0.29) is 0 Å². The Morgan fingerprint density at radius 3 is 2.12 bits per heavy atom. The minimum Gasteiger partial charge on any atom is -0.352 e. The highest BCUT2D eigenvalue weighted by atomic mass is 32.2. The molecule has 34 heavy (non-hydrogen) atoms. The Morgan fingerprint density at radius 2 is 1.47 bits per heavy atom. The molecule has 3 heterocycles. The van der Waals surface area contributed by atoms with Crippen LogP contribution < -0.4 is 10.2 Å². The third-order valence-corrected chi connectivity index (χ3v) is 7.66. The van der Waals surface area contributed by atoms with Gasteiger partial charge in [0.15, 0.2) is 11.6 Å². The molecule has 0 bridgehead atoms. The molecule has 1 aliphatic rings. The Hall–Kier alpha value is -3.82. The van der Waals surface area contributed by atoms with Crippen LogP contribution in [-0.2, 0) is 10.0 Å². The highest BCUT2D eigenvalue weighted by Gasteiger charge is 2.29. The highest BCUT2D eigenvalue weighted by molar-refractivity contribution is 7.89. The van der Waals surface area contributed by atoms with Gasteiger partial charge in [0.1, 0.15) is 0 Å². The first kappa shape index (κ1) is 22.0. The van der Waals surface area contributed by atoms with E-state index in [0.29, 0.717) is 36.9 Å². The fourth-order valence-electron chi connectivity index (χ4n) is 3.90. The maximum absolute atomic E-state index is 13.2. The molecule has 0 amide bonds. The third-order valence-electron chi connectivity index (χ3n) is 5.75. The van der Waals surface area contributed by atoms with E-state index in [1.54, 1.807) is 24.5 Å². The van der Waals surface area contributed by atoms with Crippen LogP contribution in [0.25, 0.3) is 11.1 Å². The summed E-state index contributed by atoms with van der Waals surface area (Å²) in [7, 11) is -3.55. The minimum atomic E-state index is -3.55. The van der Waals surface area contributed by atoms with E-state index < -0.39 is 10.0 Å². The Labute approximate surface area is 199 Å². The van der Waals surface area contributed by atoms with Crippen molar-refractivity contribution in [3.05, 3.63) is 91.3 Å². The van der Waals surface area contributed by atoms with E-state index in [9.17, 15) is 8.42 Å². The summed E-state index contributed by atoms with van der Waals surface area (Å²) < 4.78 is 27.9. The van der Waals surface area contributed by atoms with Gasteiger partial charge in [0.25, 0.3) is 0 Å². The van der Waals surface area contributed by atoms with E-state index in [1.807, 2.05) is 71.6 Å². The lowest BCUT2D eigenvalue weighted by Crippen LogP contribution is -2.48. The van der Waals surface area contributed by atoms with Crippen molar-refractivity contribution in [2.24, 2.45) is 0 Å². The van der Waals surface area contributed by atoms with Gasteiger partial charge >= 0.3 is 0 Å². The average molecular weight is 473 g/mol. The molecular formula is C25H24N6O2S. The maximum atomic E-state index is 13.2. The number of nitrogens with zero attached hydrogens (tertiary/aromatic N) is 5. The van der Waals surface area contributed by atoms with Crippen molar-refractivity contribution >= 4 is 27.3 Å². The van der Waals surface area contributed by atoms with Crippen LogP contribution in [0.5, 0.6) is 0 Å². The van der Waals surface area contributed by atoms with Gasteiger partial charge in [0.05, 0.1) is 16.8 Å². The predicted molar refractivity (Wildman–Crippen MR) is 132 cm³/mol. The van der Waals surface area contributed by atoms with Gasteiger partial charge in [0.2, 0.25) is 10.0 Å². The molecule has 0 unspecified atom stereocenters. The molecule has 4 aromatic rings. The van der Waals surface area contributed by atoms with Crippen LogP contribution in [-0.4, -0.2) is 54.1 Å². The number of hydrogen-bond donors (Lipinski definition) is 1. The molecule has 2 aromatic carbocycles. The predicted octanol–water partition coefficient (Wildman–Crippen LogP) is 3.79. The quantitative estimate of drug-likeness (QED) is 0.456. The lowest BCUT2D eigenvalue weighted by molar-refractivity contribution is 0.383. The molecule has 0 radical (unpaired) electrons. The van der Waals surface area contributed by atoms with Crippen molar-refractivity contribution in [1.29, 1.82) is 0 Å². The molecule has 0 saturated carbocycles. The number of piperazine rings is 1. The molecule has 2 aromatic heterocycles. The van der Waals surface area contributed by atoms with E-state index >= 15 is 0 Å². The fourth-order valence-corrected chi connectivity index (χ4v) is 5.32. The largest absolute Gasteiger partial charge is 0.352 e. The van der Waals surface area contributed by atoms with Gasteiger partial charge in [-0.3, -0.25) is 4.98 Å². The van der Waals surface area contributed by atoms with E-state index in [4.69, 9.17) is 0 Å². The van der Waals surface area contributed by atoms with Crippen molar-refractivity contribution in [2.75, 3.05) is 36.4 Å². The van der Waals surface area contributed by atoms with Gasteiger partial charge in [-0.05, 0) is 47.5 Å². The molecule has 5 rings (SSSR count). The monoisotopic (exact) mass is 472 g/mol. The molecule has 1 saturated heterocycles. The first-order valence-corrected chi connectivity index (χ1v) is 12.4. The molecule has 0 atom stereocenters. The number of sulfonamides is 1. The van der Waals surface area contributed by atoms with Gasteiger partial charge in [-0.25, -0.2) is 8.42 Å². The second kappa shape index (κ2) is 9.58. The van der Waals surface area contributed by atoms with Crippen molar-refractivity contribution in [1.82, 2.24) is 19.5 Å². The van der Waals surface area contributed by atoms with Crippen LogP contribution in [0.3, 0.4) is 0 Å². The van der Waals surface area contributed by atoms with Crippen LogP contribution in [0.2, 0.25) is 0 Å². The Morgan fingerprint density at radius 1 is 0.735 bits per heavy atom. The summed E-state index contributed by atoms with van der Waals surface area (Å²) in [5.74, 6) is 1.35. The number of nitrogens with one attached hydrogen (secondary N) is 1. The summed E-state index contributed by atoms with van der Waals surface area (Å²) >= 11 is 0. The number of benzene rings is 2. The zero-order chi connectivity index (χ0) is 23.4. The van der Waals surface area contributed by atoms with Crippen LogP contribution in [0.1, 0.15) is 0 Å². The van der Waals surface area contributed by atoms with Crippen LogP contribution >= 0.6 is 0 Å². The van der Waals surface area contributed by atoms with Gasteiger partial charge in [0, 0.05) is 32.4 Å². The molecule has 1 N–H and O–H groups in total. The summed E-state index contributed by atoms with van der Waals surface area (Å²) in [4.78, 5) is 6.42. The highest BCUT2D eigenvalue weighted by Crippen LogP contribution is 2.24.